The van der Waals surface area contributed by atoms with Gasteiger partial charge in [0.05, 0.1) is 19.8 Å². The molecule has 6 heteroatoms. The number of aliphatic carboxylic acids is 1. The summed E-state index contributed by atoms with van der Waals surface area (Å²) in [6.45, 7) is 1.40. The van der Waals surface area contributed by atoms with Crippen LogP contribution in [0.25, 0.3) is 0 Å². The van der Waals surface area contributed by atoms with Gasteiger partial charge in [-0.2, -0.15) is 0 Å². The zero-order chi connectivity index (χ0) is 15.5. The predicted molar refractivity (Wildman–Crippen MR) is 77.9 cm³/mol. The Morgan fingerprint density at radius 3 is 2.64 bits per heavy atom. The lowest BCUT2D eigenvalue weighted by Gasteiger charge is -2.32. The third kappa shape index (κ3) is 3.39. The van der Waals surface area contributed by atoms with Crippen molar-refractivity contribution >= 4 is 11.9 Å². The van der Waals surface area contributed by atoms with Gasteiger partial charge in [-0.1, -0.05) is 0 Å². The fourth-order valence-electron chi connectivity index (χ4n) is 2.41. The van der Waals surface area contributed by atoms with Crippen LogP contribution in [-0.2, 0) is 9.53 Å². The molecule has 0 radical (unpaired) electrons. The molecule has 1 aliphatic heterocycles. The average Bonchev–Trinajstić information content (AvgIpc) is 3.37. The van der Waals surface area contributed by atoms with Gasteiger partial charge >= 0.3 is 5.97 Å². The quantitative estimate of drug-likeness (QED) is 0.890. The number of benzene rings is 1. The number of carbonyl (C=O) groups excluding carboxylic acids is 1. The molecule has 3 rings (SSSR count). The number of rotatable bonds is 5. The Hall–Kier alpha value is -2.08. The molecule has 1 aromatic carbocycles. The first-order chi connectivity index (χ1) is 10.6. The molecule has 0 aromatic heterocycles. The molecule has 6 nitrogen and oxygen atoms in total. The second kappa shape index (κ2) is 6.36. The minimum atomic E-state index is -1.04. The SMILES string of the molecule is O=C(O)C1COCCN1C(=O)c1ccc(OCC2CC2)cc1. The van der Waals surface area contributed by atoms with E-state index in [1.54, 1.807) is 24.3 Å². The zero-order valence-electron chi connectivity index (χ0n) is 12.2. The molecule has 1 unspecified atom stereocenters. The molecule has 1 aromatic rings. The number of nitrogens with zero attached hydrogens (tertiary/aromatic N) is 1. The number of morpholine rings is 1. The van der Waals surface area contributed by atoms with Gasteiger partial charge in [0.25, 0.3) is 5.91 Å². The van der Waals surface area contributed by atoms with Gasteiger partial charge in [-0.15, -0.1) is 0 Å². The van der Waals surface area contributed by atoms with Crippen molar-refractivity contribution in [1.82, 2.24) is 4.90 Å². The standard InChI is InChI=1S/C16H19NO5/c18-15(17-7-8-21-10-14(17)16(19)20)12-3-5-13(6-4-12)22-9-11-1-2-11/h3-6,11,14H,1-2,7-10H2,(H,19,20). The topological polar surface area (TPSA) is 76.1 Å². The Morgan fingerprint density at radius 2 is 2.00 bits per heavy atom. The van der Waals surface area contributed by atoms with Gasteiger partial charge in [0, 0.05) is 12.1 Å². The van der Waals surface area contributed by atoms with Crippen LogP contribution in [0.15, 0.2) is 24.3 Å². The van der Waals surface area contributed by atoms with E-state index >= 15 is 0 Å². The van der Waals surface area contributed by atoms with Crippen LogP contribution in [0.5, 0.6) is 5.75 Å². The minimum absolute atomic E-state index is 0.0314. The molecule has 1 saturated carbocycles. The van der Waals surface area contributed by atoms with Crippen molar-refractivity contribution in [2.45, 2.75) is 18.9 Å². The highest BCUT2D eigenvalue weighted by Gasteiger charge is 2.33. The fraction of sp³-hybridized carbons (Fsp3) is 0.500. The summed E-state index contributed by atoms with van der Waals surface area (Å²) in [7, 11) is 0. The van der Waals surface area contributed by atoms with E-state index in [0.29, 0.717) is 18.1 Å². The molecule has 22 heavy (non-hydrogen) atoms. The number of carboxylic acids is 1. The van der Waals surface area contributed by atoms with E-state index in [-0.39, 0.29) is 19.1 Å². The lowest BCUT2D eigenvalue weighted by Crippen LogP contribution is -2.52. The van der Waals surface area contributed by atoms with E-state index in [2.05, 4.69) is 0 Å². The number of ether oxygens (including phenoxy) is 2. The molecular formula is C16H19NO5. The van der Waals surface area contributed by atoms with Crippen molar-refractivity contribution in [3.8, 4) is 5.75 Å². The highest BCUT2D eigenvalue weighted by atomic mass is 16.5. The third-order valence-corrected chi connectivity index (χ3v) is 3.96. The molecule has 0 spiro atoms. The van der Waals surface area contributed by atoms with Crippen molar-refractivity contribution in [3.05, 3.63) is 29.8 Å². The zero-order valence-corrected chi connectivity index (χ0v) is 12.2. The van der Waals surface area contributed by atoms with Gasteiger partial charge in [0.15, 0.2) is 6.04 Å². The first kappa shape index (κ1) is 14.8. The normalized spacial score (nSPS) is 21.5. The van der Waals surface area contributed by atoms with E-state index in [4.69, 9.17) is 9.47 Å². The minimum Gasteiger partial charge on any atom is -0.493 e. The first-order valence-electron chi connectivity index (χ1n) is 7.49. The van der Waals surface area contributed by atoms with Crippen molar-refractivity contribution in [2.24, 2.45) is 5.92 Å². The second-order valence-corrected chi connectivity index (χ2v) is 5.71. The summed E-state index contributed by atoms with van der Waals surface area (Å²) in [6, 6.07) is 5.95. The lowest BCUT2D eigenvalue weighted by atomic mass is 10.1. The van der Waals surface area contributed by atoms with Crippen molar-refractivity contribution in [2.75, 3.05) is 26.4 Å². The summed E-state index contributed by atoms with van der Waals surface area (Å²) in [5.74, 6) is 0.0769. The molecule has 1 saturated heterocycles. The van der Waals surface area contributed by atoms with Crippen LogP contribution in [-0.4, -0.2) is 54.3 Å². The van der Waals surface area contributed by atoms with Crippen LogP contribution in [0, 0.1) is 5.92 Å². The summed E-state index contributed by atoms with van der Waals surface area (Å²) in [5, 5.41) is 9.18. The van der Waals surface area contributed by atoms with Gasteiger partial charge < -0.3 is 19.5 Å². The van der Waals surface area contributed by atoms with Crippen molar-refractivity contribution in [1.29, 1.82) is 0 Å². The summed E-state index contributed by atoms with van der Waals surface area (Å²) in [5.41, 5.74) is 0.465. The van der Waals surface area contributed by atoms with E-state index < -0.39 is 12.0 Å². The molecule has 1 amide bonds. The monoisotopic (exact) mass is 305 g/mol. The largest absolute Gasteiger partial charge is 0.493 e. The smallest absolute Gasteiger partial charge is 0.328 e. The summed E-state index contributed by atoms with van der Waals surface area (Å²) >= 11 is 0. The molecule has 118 valence electrons. The van der Waals surface area contributed by atoms with Crippen LogP contribution in [0.3, 0.4) is 0 Å². The Kier molecular flexibility index (Phi) is 4.29. The number of hydrogen-bond donors (Lipinski definition) is 1. The van der Waals surface area contributed by atoms with Gasteiger partial charge in [0.2, 0.25) is 0 Å². The highest BCUT2D eigenvalue weighted by Crippen LogP contribution is 2.29. The molecule has 1 heterocycles. The van der Waals surface area contributed by atoms with Gasteiger partial charge in [-0.3, -0.25) is 4.79 Å². The molecule has 1 atom stereocenters. The maximum atomic E-state index is 12.5. The van der Waals surface area contributed by atoms with E-state index in [0.717, 1.165) is 12.4 Å². The molecule has 0 bridgehead atoms. The molecule has 1 N–H and O–H groups in total. The van der Waals surface area contributed by atoms with Gasteiger partial charge in [0.1, 0.15) is 5.75 Å². The number of carboxylic acid groups (broad SMARTS) is 1. The lowest BCUT2D eigenvalue weighted by molar-refractivity contribution is -0.147. The first-order valence-corrected chi connectivity index (χ1v) is 7.49. The van der Waals surface area contributed by atoms with Crippen molar-refractivity contribution in [3.63, 3.8) is 0 Å². The van der Waals surface area contributed by atoms with Crippen LogP contribution in [0.4, 0.5) is 0 Å². The molecule has 2 aliphatic rings. The van der Waals surface area contributed by atoms with Crippen LogP contribution in [0.2, 0.25) is 0 Å². The molecule has 1 aliphatic carbocycles. The fourth-order valence-corrected chi connectivity index (χ4v) is 2.41. The Balaban J connectivity index is 1.66. The molecular weight excluding hydrogens is 286 g/mol. The summed E-state index contributed by atoms with van der Waals surface area (Å²) in [4.78, 5) is 25.0. The molecule has 2 fully saturated rings. The number of carbonyl (C=O) groups is 2. The summed E-state index contributed by atoms with van der Waals surface area (Å²) < 4.78 is 10.8. The third-order valence-electron chi connectivity index (χ3n) is 3.96. The maximum Gasteiger partial charge on any atom is 0.328 e. The van der Waals surface area contributed by atoms with Crippen LogP contribution in [0.1, 0.15) is 23.2 Å². The van der Waals surface area contributed by atoms with E-state index in [9.17, 15) is 14.7 Å². The number of hydrogen-bond acceptors (Lipinski definition) is 4. The number of amides is 1. The van der Waals surface area contributed by atoms with Crippen LogP contribution < -0.4 is 4.74 Å². The van der Waals surface area contributed by atoms with Crippen LogP contribution >= 0.6 is 0 Å². The maximum absolute atomic E-state index is 12.5. The highest BCUT2D eigenvalue weighted by molar-refractivity contribution is 5.96. The average molecular weight is 305 g/mol. The summed E-state index contributed by atoms with van der Waals surface area (Å²) in [6.07, 6.45) is 2.45. The predicted octanol–water partition coefficient (Wildman–Crippen LogP) is 1.40. The van der Waals surface area contributed by atoms with Gasteiger partial charge in [-0.05, 0) is 43.0 Å². The Bertz CT molecular complexity index is 552. The second-order valence-electron chi connectivity index (χ2n) is 5.71. The van der Waals surface area contributed by atoms with Gasteiger partial charge in [-0.25, -0.2) is 4.79 Å². The van der Waals surface area contributed by atoms with E-state index in [1.807, 2.05) is 0 Å². The Morgan fingerprint density at radius 1 is 1.27 bits per heavy atom. The van der Waals surface area contributed by atoms with Crippen molar-refractivity contribution < 1.29 is 24.2 Å². The van der Waals surface area contributed by atoms with E-state index in [1.165, 1.54) is 17.7 Å². The Labute approximate surface area is 128 Å².